The molecule has 12 atom stereocenters. The molecule has 0 aromatic heterocycles. The lowest BCUT2D eigenvalue weighted by atomic mass is 9.41. The number of rotatable bonds is 4. The summed E-state index contributed by atoms with van der Waals surface area (Å²) in [6.07, 6.45) is 7.78. The average molecular weight is 575 g/mol. The lowest BCUT2D eigenvalue weighted by Gasteiger charge is -2.65. The summed E-state index contributed by atoms with van der Waals surface area (Å²) in [5.41, 5.74) is -2.44. The van der Waals surface area contributed by atoms with Crippen molar-refractivity contribution >= 4 is 12.3 Å². The molecule has 0 aromatic rings. The number of aldehydes is 1. The van der Waals surface area contributed by atoms with Gasteiger partial charge in [0.05, 0.1) is 34.9 Å². The first kappa shape index (κ1) is 28.4. The van der Waals surface area contributed by atoms with Crippen molar-refractivity contribution in [1.29, 1.82) is 0 Å². The standard InChI is InChI=1S/C32H46O9/c1-18-27-24(40-28(2,3)41-27)14-26(38-18)39-20-5-10-30(17-33)22-6-9-29(4)21(19-13-25(34)37-16-19)8-12-32(29,36)23(22)7-11-31(30,35)15-20/h13,17-18,20-24,26-27,35-36H,5-12,14-16H2,1-4H3/t18-,20?,21-,22+,23-,24?,26+,27?,29-,30+,31+,32+/m1/s1. The Labute approximate surface area is 242 Å². The minimum Gasteiger partial charge on any atom is -0.458 e. The van der Waals surface area contributed by atoms with Crippen molar-refractivity contribution in [3.8, 4) is 0 Å². The van der Waals surface area contributed by atoms with Crippen molar-refractivity contribution in [2.45, 2.75) is 140 Å². The van der Waals surface area contributed by atoms with Gasteiger partial charge in [0, 0.05) is 24.3 Å². The molecule has 9 heteroatoms. The highest BCUT2D eigenvalue weighted by Gasteiger charge is 2.71. The molecule has 41 heavy (non-hydrogen) atoms. The van der Waals surface area contributed by atoms with E-state index in [9.17, 15) is 19.8 Å². The van der Waals surface area contributed by atoms with Crippen molar-refractivity contribution in [1.82, 2.24) is 0 Å². The zero-order chi connectivity index (χ0) is 29.0. The SMILES string of the molecule is C[C@H]1O[C@@H](OC2CC[C@]3(C=O)[C@H]4CC[C@]5(C)[C@@H](C6=CC(=O)OC6)CC[C@]5(O)[C@@H]4CC[C@]3(O)C2)CC2OC(C)(C)OC21. The van der Waals surface area contributed by atoms with Crippen molar-refractivity contribution in [2.75, 3.05) is 6.61 Å². The highest BCUT2D eigenvalue weighted by atomic mass is 16.8. The summed E-state index contributed by atoms with van der Waals surface area (Å²) < 4.78 is 30.0. The van der Waals surface area contributed by atoms with Gasteiger partial charge in [-0.1, -0.05) is 6.92 Å². The van der Waals surface area contributed by atoms with Crippen LogP contribution in [0.5, 0.6) is 0 Å². The number of ether oxygens (including phenoxy) is 5. The Bertz CT molecular complexity index is 1140. The monoisotopic (exact) mass is 574 g/mol. The predicted octanol–water partition coefficient (Wildman–Crippen LogP) is 3.58. The second kappa shape index (κ2) is 9.32. The number of aliphatic hydroxyl groups is 2. The molecular weight excluding hydrogens is 528 g/mol. The van der Waals surface area contributed by atoms with E-state index >= 15 is 0 Å². The Morgan fingerprint density at radius 1 is 1.00 bits per heavy atom. The summed E-state index contributed by atoms with van der Waals surface area (Å²) in [4.78, 5) is 24.9. The first-order chi connectivity index (χ1) is 19.3. The highest BCUT2D eigenvalue weighted by Crippen LogP contribution is 2.70. The number of hydrogen-bond acceptors (Lipinski definition) is 9. The lowest BCUT2D eigenvalue weighted by Crippen LogP contribution is -2.69. The maximum atomic E-state index is 13.1. The Kier molecular flexibility index (Phi) is 6.46. The maximum Gasteiger partial charge on any atom is 0.331 e. The molecule has 0 radical (unpaired) electrons. The van der Waals surface area contributed by atoms with E-state index in [2.05, 4.69) is 6.92 Å². The molecule has 3 heterocycles. The van der Waals surface area contributed by atoms with Crippen LogP contribution in [0.3, 0.4) is 0 Å². The van der Waals surface area contributed by atoms with Gasteiger partial charge < -0.3 is 38.7 Å². The molecule has 3 aliphatic heterocycles. The molecule has 0 aromatic carbocycles. The molecule has 2 N–H and O–H groups in total. The van der Waals surface area contributed by atoms with E-state index in [1.54, 1.807) is 6.08 Å². The first-order valence-corrected chi connectivity index (χ1v) is 15.8. The largest absolute Gasteiger partial charge is 0.458 e. The van der Waals surface area contributed by atoms with E-state index in [1.807, 2.05) is 20.8 Å². The molecule has 0 bridgehead atoms. The van der Waals surface area contributed by atoms with Gasteiger partial charge in [0.15, 0.2) is 12.1 Å². The average Bonchev–Trinajstić information content (AvgIpc) is 3.55. The zero-order valence-corrected chi connectivity index (χ0v) is 24.8. The lowest BCUT2D eigenvalue weighted by molar-refractivity contribution is -0.278. The van der Waals surface area contributed by atoms with Crippen molar-refractivity contribution < 1.29 is 43.5 Å². The highest BCUT2D eigenvalue weighted by molar-refractivity contribution is 5.85. The van der Waals surface area contributed by atoms with Gasteiger partial charge in [-0.05, 0) is 95.5 Å². The van der Waals surface area contributed by atoms with E-state index < -0.39 is 28.7 Å². The van der Waals surface area contributed by atoms with Gasteiger partial charge in [-0.2, -0.15) is 0 Å². The van der Waals surface area contributed by atoms with Gasteiger partial charge in [0.1, 0.15) is 19.0 Å². The second-order valence-electron chi connectivity index (χ2n) is 14.9. The van der Waals surface area contributed by atoms with Crippen molar-refractivity contribution in [3.05, 3.63) is 11.6 Å². The molecule has 4 aliphatic carbocycles. The summed E-state index contributed by atoms with van der Waals surface area (Å²) in [6, 6.07) is 0. The zero-order valence-electron chi connectivity index (χ0n) is 24.8. The molecule has 0 amide bonds. The van der Waals surface area contributed by atoms with E-state index in [4.69, 9.17) is 23.7 Å². The van der Waals surface area contributed by atoms with Crippen LogP contribution in [0.25, 0.3) is 0 Å². The summed E-state index contributed by atoms with van der Waals surface area (Å²) in [7, 11) is 0. The van der Waals surface area contributed by atoms with Crippen molar-refractivity contribution in [2.24, 2.45) is 28.6 Å². The fourth-order valence-electron chi connectivity index (χ4n) is 10.7. The van der Waals surface area contributed by atoms with E-state index in [1.165, 1.54) is 0 Å². The van der Waals surface area contributed by atoms with Crippen LogP contribution in [0.4, 0.5) is 0 Å². The van der Waals surface area contributed by atoms with E-state index in [0.29, 0.717) is 51.6 Å². The van der Waals surface area contributed by atoms with Crippen LogP contribution in [0.2, 0.25) is 0 Å². The fourth-order valence-corrected chi connectivity index (χ4v) is 10.7. The topological polar surface area (TPSA) is 121 Å². The van der Waals surface area contributed by atoms with Crippen LogP contribution < -0.4 is 0 Å². The molecule has 7 rings (SSSR count). The molecule has 3 unspecified atom stereocenters. The summed E-state index contributed by atoms with van der Waals surface area (Å²) in [6.45, 7) is 8.28. The molecule has 4 saturated carbocycles. The summed E-state index contributed by atoms with van der Waals surface area (Å²) in [5, 5.41) is 24.7. The number of esters is 1. The summed E-state index contributed by atoms with van der Waals surface area (Å²) >= 11 is 0. The third kappa shape index (κ3) is 4.02. The first-order valence-electron chi connectivity index (χ1n) is 15.8. The van der Waals surface area contributed by atoms with Crippen LogP contribution in [0.15, 0.2) is 11.6 Å². The quantitative estimate of drug-likeness (QED) is 0.295. The molecule has 6 fully saturated rings. The maximum absolute atomic E-state index is 13.1. The number of carbonyl (C=O) groups is 2. The Hall–Kier alpha value is -1.36. The van der Waals surface area contributed by atoms with Gasteiger partial charge >= 0.3 is 5.97 Å². The van der Waals surface area contributed by atoms with E-state index in [-0.39, 0.29) is 53.6 Å². The van der Waals surface area contributed by atoms with Crippen LogP contribution >= 0.6 is 0 Å². The number of fused-ring (bicyclic) bond motifs is 6. The third-order valence-electron chi connectivity index (χ3n) is 12.7. The Balaban J connectivity index is 1.08. The smallest absolute Gasteiger partial charge is 0.331 e. The van der Waals surface area contributed by atoms with Crippen LogP contribution in [0, 0.1) is 28.6 Å². The van der Waals surface area contributed by atoms with Gasteiger partial charge in [-0.15, -0.1) is 0 Å². The molecular formula is C32H46O9. The normalized spacial score (nSPS) is 53.9. The van der Waals surface area contributed by atoms with Crippen LogP contribution in [0.1, 0.15) is 91.9 Å². The Morgan fingerprint density at radius 2 is 1.78 bits per heavy atom. The van der Waals surface area contributed by atoms with Gasteiger partial charge in [-0.3, -0.25) is 0 Å². The molecule has 2 saturated heterocycles. The molecule has 7 aliphatic rings. The van der Waals surface area contributed by atoms with Gasteiger partial charge in [-0.25, -0.2) is 4.79 Å². The fraction of sp³-hybridized carbons (Fsp3) is 0.875. The number of cyclic esters (lactones) is 1. The number of carbonyl (C=O) groups excluding carboxylic acids is 2. The molecule has 0 spiro atoms. The minimum absolute atomic E-state index is 0.0739. The van der Waals surface area contributed by atoms with Gasteiger partial charge in [0.25, 0.3) is 0 Å². The van der Waals surface area contributed by atoms with E-state index in [0.717, 1.165) is 31.1 Å². The van der Waals surface area contributed by atoms with Crippen LogP contribution in [-0.2, 0) is 33.3 Å². The predicted molar refractivity (Wildman–Crippen MR) is 145 cm³/mol. The number of hydrogen-bond donors (Lipinski definition) is 2. The second-order valence-corrected chi connectivity index (χ2v) is 14.9. The molecule has 9 nitrogen and oxygen atoms in total. The van der Waals surface area contributed by atoms with Gasteiger partial charge in [0.2, 0.25) is 0 Å². The van der Waals surface area contributed by atoms with Crippen LogP contribution in [-0.4, -0.2) is 76.8 Å². The molecule has 228 valence electrons. The third-order valence-corrected chi connectivity index (χ3v) is 12.7. The summed E-state index contributed by atoms with van der Waals surface area (Å²) in [5.74, 6) is -1.02. The minimum atomic E-state index is -1.19. The Morgan fingerprint density at radius 3 is 2.51 bits per heavy atom. The van der Waals surface area contributed by atoms with Crippen molar-refractivity contribution in [3.63, 3.8) is 0 Å².